The van der Waals surface area contributed by atoms with Gasteiger partial charge in [-0.3, -0.25) is 14.9 Å². The standard InChI is InChI=1S/C42H55F3N4O10/c1-22-12-11-13-34(57-10)41(55)21-33(58-39(53)47-41)23(2)25(4)40(6,54)35(20-36(50)49(8)31-17-27(16-22)18-32(56-9)24(31)3)59-38(52)26(5)48(7)37(51)29-15-14-28(46)19-30(29)42(43,44)45/h11-15,17-19,23,25-26,33-35,54-55H,16,20-21,46H2,1-10H3,(H,47,53)/b13-11+,22-12+/t23-,25-,26-,33-,34+,35-,40+,41-/m0/s1. The van der Waals surface area contributed by atoms with Gasteiger partial charge in [0.15, 0.2) is 5.72 Å². The minimum atomic E-state index is -4.94. The summed E-state index contributed by atoms with van der Waals surface area (Å²) in [5.41, 5.74) is 2.01. The number of hydrogen-bond donors (Lipinski definition) is 4. The molecule has 0 radical (unpaired) electrons. The topological polar surface area (TPSA) is 190 Å². The number of alkyl halides is 3. The van der Waals surface area contributed by atoms with Gasteiger partial charge in [-0.2, -0.15) is 13.2 Å². The van der Waals surface area contributed by atoms with Crippen LogP contribution in [0.5, 0.6) is 5.75 Å². The van der Waals surface area contributed by atoms with E-state index >= 15 is 0 Å². The van der Waals surface area contributed by atoms with Crippen LogP contribution in [0.1, 0.15) is 74.5 Å². The van der Waals surface area contributed by atoms with E-state index in [0.717, 1.165) is 35.2 Å². The Bertz CT molecular complexity index is 1990. The number of likely N-dealkylation sites (N-methyl/N-ethyl adjacent to an activating group) is 1. The molecule has 2 heterocycles. The second-order valence-electron chi connectivity index (χ2n) is 15.7. The average Bonchev–Trinajstić information content (AvgIpc) is 3.16. The second kappa shape index (κ2) is 18.0. The zero-order chi connectivity index (χ0) is 44.4. The number of nitrogens with one attached hydrogen (secondary N) is 1. The third kappa shape index (κ3) is 10.2. The number of anilines is 2. The van der Waals surface area contributed by atoms with Crippen molar-refractivity contribution in [1.82, 2.24) is 10.2 Å². The Labute approximate surface area is 342 Å². The van der Waals surface area contributed by atoms with Gasteiger partial charge in [0, 0.05) is 38.9 Å². The number of esters is 1. The molecule has 0 aromatic heterocycles. The molecule has 0 unspecified atom stereocenters. The highest BCUT2D eigenvalue weighted by Crippen LogP contribution is 2.39. The average molecular weight is 833 g/mol. The predicted octanol–water partition coefficient (Wildman–Crippen LogP) is 5.31. The van der Waals surface area contributed by atoms with Gasteiger partial charge >= 0.3 is 18.2 Å². The number of allylic oxidation sites excluding steroid dienone is 3. The number of nitrogen functional groups attached to an aromatic ring is 1. The molecule has 2 aliphatic rings. The van der Waals surface area contributed by atoms with E-state index in [1.807, 2.05) is 19.1 Å². The van der Waals surface area contributed by atoms with Crippen LogP contribution in [0.15, 0.2) is 54.1 Å². The third-order valence-corrected chi connectivity index (χ3v) is 11.7. The minimum absolute atomic E-state index is 0.197. The summed E-state index contributed by atoms with van der Waals surface area (Å²) in [6, 6.07) is 4.77. The first-order valence-electron chi connectivity index (χ1n) is 19.0. The lowest BCUT2D eigenvalue weighted by atomic mass is 9.73. The molecule has 2 aromatic rings. The van der Waals surface area contributed by atoms with Crippen LogP contribution >= 0.6 is 0 Å². The largest absolute Gasteiger partial charge is 0.496 e. The van der Waals surface area contributed by atoms with E-state index in [2.05, 4.69) is 5.32 Å². The van der Waals surface area contributed by atoms with Crippen molar-refractivity contribution in [2.75, 3.05) is 38.9 Å². The fourth-order valence-corrected chi connectivity index (χ4v) is 7.44. The lowest BCUT2D eigenvalue weighted by Crippen LogP contribution is -2.64. The number of carbonyl (C=O) groups is 4. The number of amides is 3. The quantitative estimate of drug-likeness (QED) is 0.218. The normalized spacial score (nSPS) is 29.0. The van der Waals surface area contributed by atoms with Gasteiger partial charge < -0.3 is 44.7 Å². The molecule has 2 aliphatic heterocycles. The van der Waals surface area contributed by atoms with Crippen molar-refractivity contribution in [3.05, 3.63) is 76.4 Å². The van der Waals surface area contributed by atoms with E-state index in [9.17, 15) is 42.6 Å². The van der Waals surface area contributed by atoms with E-state index in [1.54, 1.807) is 39.0 Å². The minimum Gasteiger partial charge on any atom is -0.496 e. The maximum atomic E-state index is 14.3. The number of aliphatic hydroxyl groups is 2. The number of nitrogens with zero attached hydrogens (tertiary/aromatic N) is 2. The fourth-order valence-electron chi connectivity index (χ4n) is 7.44. The third-order valence-electron chi connectivity index (χ3n) is 11.7. The van der Waals surface area contributed by atoms with Crippen molar-refractivity contribution >= 4 is 35.3 Å². The van der Waals surface area contributed by atoms with E-state index in [1.165, 1.54) is 40.0 Å². The maximum Gasteiger partial charge on any atom is 0.417 e. The van der Waals surface area contributed by atoms with Gasteiger partial charge in [-0.15, -0.1) is 0 Å². The number of alkyl carbamates (subject to hydrolysis) is 1. The number of nitrogens with two attached hydrogens (primary N) is 1. The van der Waals surface area contributed by atoms with Crippen LogP contribution in [0.4, 0.5) is 29.3 Å². The number of methoxy groups -OCH3 is 2. The summed E-state index contributed by atoms with van der Waals surface area (Å²) in [7, 11) is 5.50. The van der Waals surface area contributed by atoms with Gasteiger partial charge in [-0.1, -0.05) is 37.6 Å². The highest BCUT2D eigenvalue weighted by molar-refractivity contribution is 5.98. The lowest BCUT2D eigenvalue weighted by molar-refractivity contribution is -0.185. The van der Waals surface area contributed by atoms with Crippen LogP contribution in [0.2, 0.25) is 0 Å². The predicted molar refractivity (Wildman–Crippen MR) is 212 cm³/mol. The molecular formula is C42H55F3N4O10. The molecule has 324 valence electrons. The number of rotatable bonds is 6. The molecule has 8 atom stereocenters. The molecule has 4 rings (SSSR count). The van der Waals surface area contributed by atoms with Crippen molar-refractivity contribution in [1.29, 1.82) is 0 Å². The van der Waals surface area contributed by atoms with Gasteiger partial charge in [-0.25, -0.2) is 9.59 Å². The lowest BCUT2D eigenvalue weighted by Gasteiger charge is -2.46. The molecule has 5 N–H and O–H groups in total. The second-order valence-corrected chi connectivity index (χ2v) is 15.7. The molecule has 0 aliphatic carbocycles. The molecule has 0 spiro atoms. The SMILES string of the molecule is COc1cc2cc(c1C)N(C)C(=O)C[C@H](OC(=O)[C@H](C)N(C)C(=O)c1ccc(N)cc1C(F)(F)F)[C@](C)(O)[C@@H](C)[C@H](C)[C@@H]1C[C@@](O)(NC(=O)O1)[C@H](OC)/C=C/C=C(\C)C2. The Morgan fingerprint density at radius 2 is 1.78 bits per heavy atom. The van der Waals surface area contributed by atoms with E-state index in [0.29, 0.717) is 29.5 Å². The van der Waals surface area contributed by atoms with E-state index < -0.39 is 95.1 Å². The number of ether oxygens (including phenoxy) is 4. The fraction of sp³-hybridized carbons (Fsp3) is 0.524. The highest BCUT2D eigenvalue weighted by atomic mass is 19.4. The van der Waals surface area contributed by atoms with E-state index in [4.69, 9.17) is 24.7 Å². The highest BCUT2D eigenvalue weighted by Gasteiger charge is 2.51. The summed E-state index contributed by atoms with van der Waals surface area (Å²) in [5, 5.41) is 26.6. The van der Waals surface area contributed by atoms with Crippen molar-refractivity contribution in [2.24, 2.45) is 11.8 Å². The van der Waals surface area contributed by atoms with Gasteiger partial charge in [0.2, 0.25) is 5.91 Å². The van der Waals surface area contributed by atoms with Gasteiger partial charge in [0.25, 0.3) is 5.91 Å². The van der Waals surface area contributed by atoms with Gasteiger partial charge in [-0.05, 0) is 81.8 Å². The van der Waals surface area contributed by atoms with Crippen molar-refractivity contribution in [3.8, 4) is 5.75 Å². The molecule has 14 nitrogen and oxygen atoms in total. The molecule has 3 amide bonds. The molecule has 59 heavy (non-hydrogen) atoms. The van der Waals surface area contributed by atoms with Crippen LogP contribution in [0.3, 0.4) is 0 Å². The number of benzene rings is 2. The monoisotopic (exact) mass is 832 g/mol. The van der Waals surface area contributed by atoms with Gasteiger partial charge in [0.05, 0.1) is 30.3 Å². The molecule has 1 fully saturated rings. The van der Waals surface area contributed by atoms with Crippen LogP contribution in [0.25, 0.3) is 0 Å². The summed E-state index contributed by atoms with van der Waals surface area (Å²) < 4.78 is 64.6. The van der Waals surface area contributed by atoms with Crippen LogP contribution in [0, 0.1) is 18.8 Å². The molecule has 2 aromatic carbocycles. The Kier molecular flexibility index (Phi) is 14.2. The van der Waals surface area contributed by atoms with Crippen LogP contribution < -0.4 is 20.7 Å². The van der Waals surface area contributed by atoms with E-state index in [-0.39, 0.29) is 12.1 Å². The molecular weight excluding hydrogens is 777 g/mol. The van der Waals surface area contributed by atoms with Crippen molar-refractivity contribution in [2.45, 2.75) is 103 Å². The Balaban J connectivity index is 1.80. The summed E-state index contributed by atoms with van der Waals surface area (Å²) in [6.07, 6.45) is -4.89. The summed E-state index contributed by atoms with van der Waals surface area (Å²) in [6.45, 7) is 9.47. The van der Waals surface area contributed by atoms with Crippen LogP contribution in [-0.2, 0) is 36.4 Å². The first-order valence-corrected chi connectivity index (χ1v) is 19.0. The molecule has 0 saturated carbocycles. The summed E-state index contributed by atoms with van der Waals surface area (Å²) in [4.78, 5) is 56.7. The first-order chi connectivity index (χ1) is 27.4. The zero-order valence-electron chi connectivity index (χ0n) is 35.0. The Hall–Kier alpha value is -5.13. The van der Waals surface area contributed by atoms with Crippen LogP contribution in [-0.4, -0.2) is 103 Å². The Morgan fingerprint density at radius 1 is 1.12 bits per heavy atom. The Morgan fingerprint density at radius 3 is 2.39 bits per heavy atom. The smallest absolute Gasteiger partial charge is 0.417 e. The number of hydrogen-bond acceptors (Lipinski definition) is 11. The molecule has 4 bridgehead atoms. The summed E-state index contributed by atoms with van der Waals surface area (Å²) >= 11 is 0. The maximum absolute atomic E-state index is 14.3. The van der Waals surface area contributed by atoms with Crippen molar-refractivity contribution in [3.63, 3.8) is 0 Å². The molecule has 1 saturated heterocycles. The number of carbonyl (C=O) groups excluding carboxylic acids is 4. The van der Waals surface area contributed by atoms with Crippen molar-refractivity contribution < 1.29 is 61.5 Å². The number of halogens is 3. The molecule has 17 heteroatoms. The number of fused-ring (bicyclic) bond motifs is 4. The summed E-state index contributed by atoms with van der Waals surface area (Å²) in [5.74, 6) is -4.11. The first kappa shape index (κ1) is 46.6. The zero-order valence-corrected chi connectivity index (χ0v) is 35.0. The van der Waals surface area contributed by atoms with Gasteiger partial charge in [0.1, 0.15) is 35.7 Å².